The van der Waals surface area contributed by atoms with Gasteiger partial charge in [0.25, 0.3) is 0 Å². The van der Waals surface area contributed by atoms with Crippen molar-refractivity contribution in [2.75, 3.05) is 13.2 Å². The zero-order chi connectivity index (χ0) is 18.1. The van der Waals surface area contributed by atoms with Crippen molar-refractivity contribution in [3.8, 4) is 11.5 Å². The van der Waals surface area contributed by atoms with Crippen molar-refractivity contribution in [3.05, 3.63) is 91.0 Å². The molecule has 0 atom stereocenters. The van der Waals surface area contributed by atoms with Crippen molar-refractivity contribution in [1.29, 1.82) is 0 Å². The average Bonchev–Trinajstić information content (AvgIpc) is 2.65. The van der Waals surface area contributed by atoms with Crippen molar-refractivity contribution in [2.45, 2.75) is 0 Å². The molecule has 1 N–H and O–H groups in total. The Bertz CT molecular complexity index is 755. The normalized spacial score (nSPS) is 10.8. The predicted molar refractivity (Wildman–Crippen MR) is 99.2 cm³/mol. The van der Waals surface area contributed by atoms with Crippen LogP contribution in [0.3, 0.4) is 0 Å². The fraction of sp³-hybridized carbons (Fsp3) is 0.0952. The van der Waals surface area contributed by atoms with Gasteiger partial charge in [0.2, 0.25) is 0 Å². The molecule has 0 spiro atoms. The molecule has 0 aliphatic heterocycles. The van der Waals surface area contributed by atoms with E-state index < -0.39 is 0 Å². The molecule has 0 aromatic heterocycles. The van der Waals surface area contributed by atoms with E-state index in [4.69, 9.17) is 9.47 Å². The third kappa shape index (κ3) is 5.39. The van der Waals surface area contributed by atoms with Gasteiger partial charge in [0.05, 0.1) is 0 Å². The highest BCUT2D eigenvalue weighted by atomic mass is 16.5. The summed E-state index contributed by atoms with van der Waals surface area (Å²) in [5, 5.41) is 10.1. The number of allylic oxidation sites excluding steroid dienone is 1. The number of aliphatic hydroxyl groups is 1. The van der Waals surface area contributed by atoms with Gasteiger partial charge in [0, 0.05) is 17.2 Å². The summed E-state index contributed by atoms with van der Waals surface area (Å²) in [6.45, 7) is 7.97. The molecule has 0 aliphatic rings. The Kier molecular flexibility index (Phi) is 6.60. The zero-order valence-corrected chi connectivity index (χ0v) is 13.9. The minimum Gasteiger partial charge on any atom is -0.507 e. The smallest absolute Gasteiger partial charge is 0.189 e. The SMILES string of the molecule is C=CCOc1ccc(C(=O)C=C(O)c2ccc(OCC=C)cc2)cc1. The molecular formula is C21H20O4. The summed E-state index contributed by atoms with van der Waals surface area (Å²) < 4.78 is 10.7. The second kappa shape index (κ2) is 9.13. The van der Waals surface area contributed by atoms with Crippen molar-refractivity contribution in [3.63, 3.8) is 0 Å². The van der Waals surface area contributed by atoms with Gasteiger partial charge in [-0.15, -0.1) is 0 Å². The van der Waals surface area contributed by atoms with Crippen molar-refractivity contribution < 1.29 is 19.4 Å². The van der Waals surface area contributed by atoms with E-state index in [1.54, 1.807) is 60.7 Å². The first-order chi connectivity index (χ1) is 12.1. The van der Waals surface area contributed by atoms with E-state index in [0.717, 1.165) is 0 Å². The molecule has 128 valence electrons. The Hall–Kier alpha value is -3.27. The molecule has 0 radical (unpaired) electrons. The summed E-state index contributed by atoms with van der Waals surface area (Å²) in [6.07, 6.45) is 4.49. The van der Waals surface area contributed by atoms with Gasteiger partial charge in [-0.25, -0.2) is 0 Å². The molecule has 25 heavy (non-hydrogen) atoms. The Morgan fingerprint density at radius 1 is 0.840 bits per heavy atom. The van der Waals surface area contributed by atoms with Gasteiger partial charge in [-0.05, 0) is 48.5 Å². The molecule has 2 aromatic carbocycles. The average molecular weight is 336 g/mol. The van der Waals surface area contributed by atoms with Gasteiger partial charge < -0.3 is 14.6 Å². The monoisotopic (exact) mass is 336 g/mol. The lowest BCUT2D eigenvalue weighted by Gasteiger charge is -2.05. The number of hydrogen-bond acceptors (Lipinski definition) is 4. The molecule has 0 bridgehead atoms. The lowest BCUT2D eigenvalue weighted by atomic mass is 10.1. The molecule has 0 amide bonds. The molecule has 4 nitrogen and oxygen atoms in total. The molecule has 0 unspecified atom stereocenters. The van der Waals surface area contributed by atoms with Crippen LogP contribution in [-0.4, -0.2) is 24.1 Å². The van der Waals surface area contributed by atoms with E-state index in [-0.39, 0.29) is 11.5 Å². The molecule has 0 fully saturated rings. The van der Waals surface area contributed by atoms with Crippen LogP contribution >= 0.6 is 0 Å². The van der Waals surface area contributed by atoms with Crippen LogP contribution in [-0.2, 0) is 0 Å². The number of rotatable bonds is 9. The van der Waals surface area contributed by atoms with Crippen molar-refractivity contribution in [1.82, 2.24) is 0 Å². The Morgan fingerprint density at radius 2 is 1.28 bits per heavy atom. The largest absolute Gasteiger partial charge is 0.507 e. The Morgan fingerprint density at radius 3 is 1.72 bits per heavy atom. The van der Waals surface area contributed by atoms with Crippen LogP contribution < -0.4 is 9.47 Å². The molecule has 0 aliphatic carbocycles. The maximum atomic E-state index is 12.2. The third-order valence-electron chi connectivity index (χ3n) is 3.29. The summed E-state index contributed by atoms with van der Waals surface area (Å²) >= 11 is 0. The van der Waals surface area contributed by atoms with Gasteiger partial charge in [-0.1, -0.05) is 25.3 Å². The number of ether oxygens (including phenoxy) is 2. The van der Waals surface area contributed by atoms with Crippen molar-refractivity contribution >= 4 is 11.5 Å². The fourth-order valence-corrected chi connectivity index (χ4v) is 2.04. The standard InChI is InChI=1S/C21H20O4/c1-3-13-24-18-9-5-16(6-10-18)20(22)15-21(23)17-7-11-19(12-8-17)25-14-4-2/h3-12,15,22H,1-2,13-14H2. The summed E-state index contributed by atoms with van der Waals surface area (Å²) in [4.78, 5) is 12.2. The van der Waals surface area contributed by atoms with E-state index in [0.29, 0.717) is 35.8 Å². The van der Waals surface area contributed by atoms with Crippen LogP contribution in [0.4, 0.5) is 0 Å². The highest BCUT2D eigenvalue weighted by molar-refractivity contribution is 6.07. The molecule has 2 aromatic rings. The van der Waals surface area contributed by atoms with Crippen molar-refractivity contribution in [2.24, 2.45) is 0 Å². The van der Waals surface area contributed by atoms with Crippen LogP contribution in [0.1, 0.15) is 15.9 Å². The second-order valence-corrected chi connectivity index (χ2v) is 5.14. The number of benzene rings is 2. The summed E-state index contributed by atoms with van der Waals surface area (Å²) in [5.41, 5.74) is 0.994. The first kappa shape index (κ1) is 18.1. The summed E-state index contributed by atoms with van der Waals surface area (Å²) in [7, 11) is 0. The Balaban J connectivity index is 2.06. The van der Waals surface area contributed by atoms with E-state index in [1.165, 1.54) is 6.08 Å². The molecule has 0 saturated heterocycles. The highest BCUT2D eigenvalue weighted by Gasteiger charge is 2.07. The van der Waals surface area contributed by atoms with Gasteiger partial charge in [0.1, 0.15) is 30.5 Å². The molecular weight excluding hydrogens is 316 g/mol. The maximum Gasteiger partial charge on any atom is 0.189 e. The molecule has 2 rings (SSSR count). The van der Waals surface area contributed by atoms with E-state index >= 15 is 0 Å². The zero-order valence-electron chi connectivity index (χ0n) is 13.9. The van der Waals surface area contributed by atoms with Gasteiger partial charge >= 0.3 is 0 Å². The molecule has 0 heterocycles. The number of carbonyl (C=O) groups excluding carboxylic acids is 1. The second-order valence-electron chi connectivity index (χ2n) is 5.14. The first-order valence-corrected chi connectivity index (χ1v) is 7.77. The van der Waals surface area contributed by atoms with Crippen LogP contribution in [0.2, 0.25) is 0 Å². The number of hydrogen-bond donors (Lipinski definition) is 1. The van der Waals surface area contributed by atoms with E-state index in [9.17, 15) is 9.90 Å². The summed E-state index contributed by atoms with van der Waals surface area (Å²) in [6, 6.07) is 13.5. The predicted octanol–water partition coefficient (Wildman–Crippen LogP) is 4.60. The fourth-order valence-electron chi connectivity index (χ4n) is 2.04. The first-order valence-electron chi connectivity index (χ1n) is 7.77. The van der Waals surface area contributed by atoms with Crippen LogP contribution in [0, 0.1) is 0 Å². The lowest BCUT2D eigenvalue weighted by Crippen LogP contribution is -1.98. The lowest BCUT2D eigenvalue weighted by molar-refractivity contribution is 0.104. The number of ketones is 1. The third-order valence-corrected chi connectivity index (χ3v) is 3.29. The topological polar surface area (TPSA) is 55.8 Å². The quantitative estimate of drug-likeness (QED) is 0.315. The molecule has 0 saturated carbocycles. The Labute approximate surface area is 147 Å². The van der Waals surface area contributed by atoms with Crippen LogP contribution in [0.25, 0.3) is 5.76 Å². The van der Waals surface area contributed by atoms with Crippen LogP contribution in [0.15, 0.2) is 79.9 Å². The highest BCUT2D eigenvalue weighted by Crippen LogP contribution is 2.19. The molecule has 4 heteroatoms. The van der Waals surface area contributed by atoms with Gasteiger partial charge in [-0.3, -0.25) is 4.79 Å². The minimum absolute atomic E-state index is 0.104. The van der Waals surface area contributed by atoms with Gasteiger partial charge in [0.15, 0.2) is 5.78 Å². The number of aliphatic hydroxyl groups excluding tert-OH is 1. The van der Waals surface area contributed by atoms with Gasteiger partial charge in [-0.2, -0.15) is 0 Å². The number of carbonyl (C=O) groups is 1. The summed E-state index contributed by atoms with van der Waals surface area (Å²) in [5.74, 6) is 0.921. The van der Waals surface area contributed by atoms with E-state index in [1.807, 2.05) is 0 Å². The van der Waals surface area contributed by atoms with Crippen LogP contribution in [0.5, 0.6) is 11.5 Å². The van der Waals surface area contributed by atoms with E-state index in [2.05, 4.69) is 13.2 Å². The maximum absolute atomic E-state index is 12.2. The minimum atomic E-state index is -0.292.